The predicted molar refractivity (Wildman–Crippen MR) is 110 cm³/mol. The summed E-state index contributed by atoms with van der Waals surface area (Å²) in [5.41, 5.74) is 2.16. The Hall–Kier alpha value is -2.18. The predicted octanol–water partition coefficient (Wildman–Crippen LogP) is 3.24. The van der Waals surface area contributed by atoms with Gasteiger partial charge in [0.05, 0.1) is 19.7 Å². The molecule has 5 nitrogen and oxygen atoms in total. The van der Waals surface area contributed by atoms with E-state index in [0.717, 1.165) is 37.1 Å². The minimum atomic E-state index is -0.403. The van der Waals surface area contributed by atoms with Crippen LogP contribution in [0.5, 0.6) is 0 Å². The summed E-state index contributed by atoms with van der Waals surface area (Å²) in [6.45, 7) is 8.65. The van der Waals surface area contributed by atoms with E-state index in [0.29, 0.717) is 23.7 Å². The van der Waals surface area contributed by atoms with Crippen LogP contribution < -0.4 is 10.2 Å². The Bertz CT molecular complexity index is 737. The maximum Gasteiger partial charge on any atom is 0.341 e. The molecule has 0 aliphatic heterocycles. The van der Waals surface area contributed by atoms with E-state index in [1.807, 2.05) is 35.7 Å². The molecule has 0 fully saturated rings. The number of carbonyl (C=O) groups is 2. The highest BCUT2D eigenvalue weighted by Gasteiger charge is 2.23. The topological polar surface area (TPSA) is 59.8 Å². The number of rotatable bonds is 10. The van der Waals surface area contributed by atoms with Gasteiger partial charge in [0.1, 0.15) is 10.6 Å². The Balaban J connectivity index is 2.24. The van der Waals surface area contributed by atoms with Crippen molar-refractivity contribution in [2.45, 2.75) is 33.6 Å². The highest BCUT2D eigenvalue weighted by molar-refractivity contribution is 7.15. The summed E-state index contributed by atoms with van der Waals surface area (Å²) in [6.07, 6.45) is 2.07. The van der Waals surface area contributed by atoms with Crippen molar-refractivity contribution in [3.05, 3.63) is 41.3 Å². The molecule has 0 bridgehead atoms. The van der Waals surface area contributed by atoms with Gasteiger partial charge in [-0.2, -0.15) is 0 Å². The van der Waals surface area contributed by atoms with Crippen molar-refractivity contribution < 1.29 is 19.2 Å². The summed E-state index contributed by atoms with van der Waals surface area (Å²) >= 11 is 1.37. The van der Waals surface area contributed by atoms with Gasteiger partial charge in [0.15, 0.2) is 6.54 Å². The summed E-state index contributed by atoms with van der Waals surface area (Å²) in [5, 5.41) is 5.41. The van der Waals surface area contributed by atoms with E-state index in [9.17, 15) is 9.59 Å². The lowest BCUT2D eigenvalue weighted by Gasteiger charge is -2.17. The molecule has 0 saturated carbocycles. The van der Waals surface area contributed by atoms with Gasteiger partial charge in [0.2, 0.25) is 0 Å². The zero-order valence-corrected chi connectivity index (χ0v) is 17.2. The van der Waals surface area contributed by atoms with E-state index < -0.39 is 5.97 Å². The average Bonchev–Trinajstić information content (AvgIpc) is 3.06. The molecule has 27 heavy (non-hydrogen) atoms. The SMILES string of the molecule is CCC[NH+](CCC)CC(=O)Nc1scc(-c2ccccc2)c1C(=O)OCC. The van der Waals surface area contributed by atoms with Crippen LogP contribution in [0.15, 0.2) is 35.7 Å². The highest BCUT2D eigenvalue weighted by Crippen LogP contribution is 2.36. The molecule has 2 rings (SSSR count). The van der Waals surface area contributed by atoms with E-state index >= 15 is 0 Å². The number of nitrogens with one attached hydrogen (secondary N) is 2. The van der Waals surface area contributed by atoms with Gasteiger partial charge in [0.25, 0.3) is 5.91 Å². The zero-order valence-electron chi connectivity index (χ0n) is 16.3. The van der Waals surface area contributed by atoms with Crippen LogP contribution in [0.25, 0.3) is 11.1 Å². The molecule has 146 valence electrons. The van der Waals surface area contributed by atoms with Crippen LogP contribution in [0.1, 0.15) is 44.0 Å². The van der Waals surface area contributed by atoms with Crippen LogP contribution in [0.3, 0.4) is 0 Å². The molecule has 1 aromatic carbocycles. The monoisotopic (exact) mass is 389 g/mol. The second kappa shape index (κ2) is 10.8. The van der Waals surface area contributed by atoms with Crippen molar-refractivity contribution in [2.24, 2.45) is 0 Å². The average molecular weight is 390 g/mol. The number of esters is 1. The molecular formula is C21H29N2O3S+. The van der Waals surface area contributed by atoms with Crippen molar-refractivity contribution in [2.75, 3.05) is 31.6 Å². The van der Waals surface area contributed by atoms with Gasteiger partial charge in [-0.3, -0.25) is 4.79 Å². The first kappa shape index (κ1) is 21.1. The van der Waals surface area contributed by atoms with Crippen molar-refractivity contribution in [1.29, 1.82) is 0 Å². The number of quaternary nitrogens is 1. The van der Waals surface area contributed by atoms with Crippen molar-refractivity contribution in [3.8, 4) is 11.1 Å². The third-order valence-corrected chi connectivity index (χ3v) is 5.12. The first-order chi connectivity index (χ1) is 13.1. The van der Waals surface area contributed by atoms with Crippen LogP contribution in [0.2, 0.25) is 0 Å². The van der Waals surface area contributed by atoms with E-state index in [4.69, 9.17) is 4.74 Å². The number of anilines is 1. The number of thiophene rings is 1. The molecule has 1 aromatic heterocycles. The Morgan fingerprint density at radius 1 is 1.07 bits per heavy atom. The lowest BCUT2D eigenvalue weighted by atomic mass is 10.0. The van der Waals surface area contributed by atoms with E-state index in [-0.39, 0.29) is 5.91 Å². The van der Waals surface area contributed by atoms with Crippen LogP contribution in [-0.4, -0.2) is 38.1 Å². The van der Waals surface area contributed by atoms with Crippen LogP contribution in [0, 0.1) is 0 Å². The normalized spacial score (nSPS) is 10.8. The molecule has 1 heterocycles. The molecule has 0 saturated heterocycles. The molecular weight excluding hydrogens is 360 g/mol. The maximum atomic E-state index is 12.6. The molecule has 1 amide bonds. The van der Waals surface area contributed by atoms with Crippen LogP contribution in [-0.2, 0) is 9.53 Å². The fraction of sp³-hybridized carbons (Fsp3) is 0.429. The minimum Gasteiger partial charge on any atom is -0.462 e. The molecule has 0 aliphatic rings. The maximum absolute atomic E-state index is 12.6. The second-order valence-electron chi connectivity index (χ2n) is 6.41. The number of hydrogen-bond acceptors (Lipinski definition) is 4. The van der Waals surface area contributed by atoms with Crippen LogP contribution in [0.4, 0.5) is 5.00 Å². The summed E-state index contributed by atoms with van der Waals surface area (Å²) < 4.78 is 5.24. The molecule has 0 spiro atoms. The van der Waals surface area contributed by atoms with E-state index in [2.05, 4.69) is 19.2 Å². The summed E-state index contributed by atoms with van der Waals surface area (Å²) in [7, 11) is 0. The third kappa shape index (κ3) is 5.91. The number of benzene rings is 1. The molecule has 0 aliphatic carbocycles. The Morgan fingerprint density at radius 3 is 2.33 bits per heavy atom. The highest BCUT2D eigenvalue weighted by atomic mass is 32.1. The fourth-order valence-electron chi connectivity index (χ4n) is 3.09. The summed E-state index contributed by atoms with van der Waals surface area (Å²) in [6, 6.07) is 9.69. The van der Waals surface area contributed by atoms with E-state index in [1.165, 1.54) is 16.2 Å². The van der Waals surface area contributed by atoms with Crippen molar-refractivity contribution >= 4 is 28.2 Å². The third-order valence-electron chi connectivity index (χ3n) is 4.23. The summed E-state index contributed by atoms with van der Waals surface area (Å²) in [5.74, 6) is -0.474. The van der Waals surface area contributed by atoms with Crippen molar-refractivity contribution in [3.63, 3.8) is 0 Å². The first-order valence-electron chi connectivity index (χ1n) is 9.58. The lowest BCUT2D eigenvalue weighted by molar-refractivity contribution is -0.891. The first-order valence-corrected chi connectivity index (χ1v) is 10.5. The Morgan fingerprint density at radius 2 is 1.74 bits per heavy atom. The molecule has 0 unspecified atom stereocenters. The van der Waals surface area contributed by atoms with Gasteiger partial charge in [-0.15, -0.1) is 11.3 Å². The largest absolute Gasteiger partial charge is 0.462 e. The molecule has 2 aromatic rings. The standard InChI is InChI=1S/C21H28N2O3S/c1-4-12-23(13-5-2)14-18(24)22-20-19(21(25)26-6-3)17(15-27-20)16-10-8-7-9-11-16/h7-11,15H,4-6,12-14H2,1-3H3,(H,22,24)/p+1. The second-order valence-corrected chi connectivity index (χ2v) is 7.29. The summed E-state index contributed by atoms with van der Waals surface area (Å²) in [4.78, 5) is 26.4. The fourth-order valence-corrected chi connectivity index (χ4v) is 4.07. The molecule has 2 N–H and O–H groups in total. The van der Waals surface area contributed by atoms with Gasteiger partial charge in [-0.25, -0.2) is 4.79 Å². The molecule has 6 heteroatoms. The Kier molecular flexibility index (Phi) is 8.48. The van der Waals surface area contributed by atoms with Gasteiger partial charge in [-0.1, -0.05) is 44.2 Å². The smallest absolute Gasteiger partial charge is 0.341 e. The van der Waals surface area contributed by atoms with Crippen LogP contribution >= 0.6 is 11.3 Å². The number of ether oxygens (including phenoxy) is 1. The lowest BCUT2D eigenvalue weighted by Crippen LogP contribution is -3.13. The minimum absolute atomic E-state index is 0.0705. The van der Waals surface area contributed by atoms with Gasteiger partial charge >= 0.3 is 5.97 Å². The Labute approximate surface area is 165 Å². The number of hydrogen-bond donors (Lipinski definition) is 2. The number of carbonyl (C=O) groups excluding carboxylic acids is 2. The number of amides is 1. The molecule has 0 radical (unpaired) electrons. The quantitative estimate of drug-likeness (QED) is 0.614. The zero-order chi connectivity index (χ0) is 19.6. The van der Waals surface area contributed by atoms with Crippen molar-refractivity contribution in [1.82, 2.24) is 0 Å². The van der Waals surface area contributed by atoms with E-state index in [1.54, 1.807) is 6.92 Å². The van der Waals surface area contributed by atoms with Gasteiger partial charge in [0, 0.05) is 10.9 Å². The van der Waals surface area contributed by atoms with Gasteiger partial charge < -0.3 is 15.0 Å². The van der Waals surface area contributed by atoms with Gasteiger partial charge in [-0.05, 0) is 25.3 Å². The molecule has 0 atom stereocenters.